The van der Waals surface area contributed by atoms with Gasteiger partial charge in [-0.25, -0.2) is 0 Å². The van der Waals surface area contributed by atoms with E-state index >= 15 is 0 Å². The number of aromatic amines is 1. The van der Waals surface area contributed by atoms with Crippen LogP contribution >= 0.6 is 0 Å². The van der Waals surface area contributed by atoms with E-state index in [2.05, 4.69) is 43.8 Å². The molecule has 0 spiro atoms. The van der Waals surface area contributed by atoms with Crippen LogP contribution in [0.15, 0.2) is 6.20 Å². The Balaban J connectivity index is 1.94. The number of nitrogens with zero attached hydrogens (tertiary/aromatic N) is 5. The van der Waals surface area contributed by atoms with Gasteiger partial charge < -0.3 is 10.6 Å². The van der Waals surface area contributed by atoms with Gasteiger partial charge in [-0.05, 0) is 13.5 Å². The molecular weight excluding hydrogens is 242 g/mol. The molecule has 3 N–H and O–H groups in total. The van der Waals surface area contributed by atoms with Crippen LogP contribution in [0.25, 0.3) is 11.0 Å². The van der Waals surface area contributed by atoms with Gasteiger partial charge in [0.25, 0.3) is 0 Å². The lowest BCUT2D eigenvalue weighted by atomic mass is 10.2. The van der Waals surface area contributed by atoms with Gasteiger partial charge in [0.1, 0.15) is 5.82 Å². The first-order chi connectivity index (χ1) is 9.19. The van der Waals surface area contributed by atoms with Crippen LogP contribution < -0.4 is 10.6 Å². The summed E-state index contributed by atoms with van der Waals surface area (Å²) in [6.07, 6.45) is 1.76. The minimum Gasteiger partial charge on any atom is -0.368 e. The number of hydrogen-bond donors (Lipinski definition) is 2. The normalized spacial score (nSPS) is 21.2. The Bertz CT molecular complexity index is 578. The van der Waals surface area contributed by atoms with E-state index in [0.29, 0.717) is 11.7 Å². The van der Waals surface area contributed by atoms with E-state index in [4.69, 9.17) is 5.73 Å². The molecule has 0 aromatic carbocycles. The number of fused-ring (bicyclic) bond motifs is 1. The number of rotatable bonds is 2. The van der Waals surface area contributed by atoms with Crippen LogP contribution in [-0.2, 0) is 0 Å². The highest BCUT2D eigenvalue weighted by molar-refractivity contribution is 5.87. The van der Waals surface area contributed by atoms with Crippen molar-refractivity contribution >= 4 is 22.8 Å². The molecule has 102 valence electrons. The van der Waals surface area contributed by atoms with Crippen LogP contribution in [0, 0.1) is 0 Å². The topological polar surface area (TPSA) is 87.0 Å². The molecule has 1 unspecified atom stereocenters. The smallest absolute Gasteiger partial charge is 0.224 e. The maximum Gasteiger partial charge on any atom is 0.224 e. The summed E-state index contributed by atoms with van der Waals surface area (Å²) >= 11 is 0. The van der Waals surface area contributed by atoms with Crippen LogP contribution in [0.2, 0.25) is 0 Å². The third kappa shape index (κ3) is 2.10. The maximum atomic E-state index is 5.77. The molecule has 1 aliphatic rings. The lowest BCUT2D eigenvalue weighted by molar-refractivity contribution is 0.199. The predicted molar refractivity (Wildman–Crippen MR) is 75.0 cm³/mol. The molecule has 0 aliphatic carbocycles. The zero-order valence-corrected chi connectivity index (χ0v) is 11.3. The van der Waals surface area contributed by atoms with Crippen molar-refractivity contribution in [3.63, 3.8) is 0 Å². The van der Waals surface area contributed by atoms with Crippen molar-refractivity contribution in [3.05, 3.63) is 6.20 Å². The summed E-state index contributed by atoms with van der Waals surface area (Å²) in [6, 6.07) is 0.511. The van der Waals surface area contributed by atoms with Gasteiger partial charge in [0.2, 0.25) is 5.95 Å². The molecule has 1 atom stereocenters. The summed E-state index contributed by atoms with van der Waals surface area (Å²) in [5.74, 6) is 1.18. The maximum absolute atomic E-state index is 5.77. The largest absolute Gasteiger partial charge is 0.368 e. The second kappa shape index (κ2) is 4.65. The Morgan fingerprint density at radius 3 is 3.00 bits per heavy atom. The molecule has 1 aliphatic heterocycles. The minimum absolute atomic E-state index is 0.289. The molecule has 2 aromatic rings. The van der Waals surface area contributed by atoms with E-state index in [9.17, 15) is 0 Å². The molecule has 7 nitrogen and oxygen atoms in total. The lowest BCUT2D eigenvalue weighted by Gasteiger charge is -2.40. The Morgan fingerprint density at radius 2 is 2.26 bits per heavy atom. The van der Waals surface area contributed by atoms with E-state index in [1.54, 1.807) is 6.20 Å². The molecule has 0 saturated carbocycles. The Labute approximate surface area is 111 Å². The lowest BCUT2D eigenvalue weighted by Crippen LogP contribution is -2.52. The van der Waals surface area contributed by atoms with Gasteiger partial charge in [0.15, 0.2) is 5.65 Å². The molecule has 1 saturated heterocycles. The van der Waals surface area contributed by atoms with Gasteiger partial charge in [-0.15, -0.1) is 0 Å². The minimum atomic E-state index is 0.289. The Morgan fingerprint density at radius 1 is 1.42 bits per heavy atom. The Kier molecular flexibility index (Phi) is 2.98. The Hall–Kier alpha value is -1.89. The molecule has 7 heteroatoms. The van der Waals surface area contributed by atoms with Gasteiger partial charge in [0.05, 0.1) is 11.6 Å². The van der Waals surface area contributed by atoms with E-state index in [1.807, 2.05) is 0 Å². The van der Waals surface area contributed by atoms with Gasteiger partial charge in [-0.2, -0.15) is 15.1 Å². The fourth-order valence-electron chi connectivity index (χ4n) is 2.73. The zero-order chi connectivity index (χ0) is 13.4. The summed E-state index contributed by atoms with van der Waals surface area (Å²) in [5.41, 5.74) is 6.47. The summed E-state index contributed by atoms with van der Waals surface area (Å²) < 4.78 is 0. The number of nitrogen functional groups attached to an aromatic ring is 1. The van der Waals surface area contributed by atoms with Crippen molar-refractivity contribution < 1.29 is 0 Å². The number of nitrogens with two attached hydrogens (primary N) is 1. The standard InChI is InChI=1S/C12H19N7/c1-3-18-4-5-19(7-8(18)2)11-9-6-14-17-10(9)15-12(13)16-11/h6,8H,3-5,7H2,1-2H3,(H3,13,14,15,16,17). The van der Waals surface area contributed by atoms with Crippen LogP contribution in [0.4, 0.5) is 11.8 Å². The summed E-state index contributed by atoms with van der Waals surface area (Å²) in [6.45, 7) is 8.47. The zero-order valence-electron chi connectivity index (χ0n) is 11.3. The van der Waals surface area contributed by atoms with E-state index in [0.717, 1.165) is 37.4 Å². The average molecular weight is 261 g/mol. The van der Waals surface area contributed by atoms with E-state index < -0.39 is 0 Å². The molecule has 2 aromatic heterocycles. The quantitative estimate of drug-likeness (QED) is 0.817. The summed E-state index contributed by atoms with van der Waals surface area (Å²) in [4.78, 5) is 13.3. The molecular formula is C12H19N7. The van der Waals surface area contributed by atoms with Crippen LogP contribution in [0.3, 0.4) is 0 Å². The van der Waals surface area contributed by atoms with Gasteiger partial charge in [-0.3, -0.25) is 10.00 Å². The van der Waals surface area contributed by atoms with E-state index in [-0.39, 0.29) is 5.95 Å². The molecule has 0 bridgehead atoms. The molecule has 3 heterocycles. The first-order valence-electron chi connectivity index (χ1n) is 6.64. The number of aromatic nitrogens is 4. The highest BCUT2D eigenvalue weighted by Gasteiger charge is 2.25. The summed E-state index contributed by atoms with van der Waals surface area (Å²) in [5, 5.41) is 7.82. The number of anilines is 2. The number of nitrogens with one attached hydrogen (secondary N) is 1. The third-order valence-corrected chi connectivity index (χ3v) is 3.78. The van der Waals surface area contributed by atoms with Crippen molar-refractivity contribution in [2.75, 3.05) is 36.8 Å². The SMILES string of the molecule is CCN1CCN(c2nc(N)nc3[nH]ncc23)CC1C. The molecule has 1 fully saturated rings. The number of hydrogen-bond acceptors (Lipinski definition) is 6. The highest BCUT2D eigenvalue weighted by Crippen LogP contribution is 2.25. The van der Waals surface area contributed by atoms with Crippen LogP contribution in [-0.4, -0.2) is 57.3 Å². The number of H-pyrrole nitrogens is 1. The average Bonchev–Trinajstić information content (AvgIpc) is 2.85. The number of piperazine rings is 1. The summed E-state index contributed by atoms with van der Waals surface area (Å²) in [7, 11) is 0. The van der Waals surface area contributed by atoms with Crippen molar-refractivity contribution in [3.8, 4) is 0 Å². The van der Waals surface area contributed by atoms with Crippen molar-refractivity contribution in [2.45, 2.75) is 19.9 Å². The highest BCUT2D eigenvalue weighted by atomic mass is 15.3. The fourth-order valence-corrected chi connectivity index (χ4v) is 2.73. The second-order valence-corrected chi connectivity index (χ2v) is 4.96. The van der Waals surface area contributed by atoms with E-state index in [1.165, 1.54) is 0 Å². The molecule has 0 radical (unpaired) electrons. The third-order valence-electron chi connectivity index (χ3n) is 3.78. The molecule has 19 heavy (non-hydrogen) atoms. The van der Waals surface area contributed by atoms with Crippen molar-refractivity contribution in [2.24, 2.45) is 0 Å². The second-order valence-electron chi connectivity index (χ2n) is 4.96. The van der Waals surface area contributed by atoms with Crippen molar-refractivity contribution in [1.82, 2.24) is 25.1 Å². The predicted octanol–water partition coefficient (Wildman–Crippen LogP) is 0.465. The monoisotopic (exact) mass is 261 g/mol. The molecule has 0 amide bonds. The van der Waals surface area contributed by atoms with Crippen LogP contribution in [0.1, 0.15) is 13.8 Å². The number of likely N-dealkylation sites (N-methyl/N-ethyl adjacent to an activating group) is 1. The van der Waals surface area contributed by atoms with Gasteiger partial charge >= 0.3 is 0 Å². The van der Waals surface area contributed by atoms with Gasteiger partial charge in [0, 0.05) is 25.7 Å². The first-order valence-corrected chi connectivity index (χ1v) is 6.64. The molecule has 3 rings (SSSR count). The van der Waals surface area contributed by atoms with Crippen LogP contribution in [0.5, 0.6) is 0 Å². The fraction of sp³-hybridized carbons (Fsp3) is 0.583. The van der Waals surface area contributed by atoms with Crippen molar-refractivity contribution in [1.29, 1.82) is 0 Å². The van der Waals surface area contributed by atoms with Gasteiger partial charge in [-0.1, -0.05) is 6.92 Å². The first kappa shape index (κ1) is 12.2.